The number of hydrogen-bond donors (Lipinski definition) is 2. The van der Waals surface area contributed by atoms with Gasteiger partial charge in [-0.3, -0.25) is 4.79 Å². The highest BCUT2D eigenvalue weighted by atomic mass is 16.2. The maximum Gasteiger partial charge on any atom is 0.227 e. The van der Waals surface area contributed by atoms with Crippen molar-refractivity contribution in [1.29, 1.82) is 0 Å². The van der Waals surface area contributed by atoms with Gasteiger partial charge in [-0.05, 0) is 44.6 Å². The van der Waals surface area contributed by atoms with Crippen LogP contribution < -0.4 is 10.6 Å². The summed E-state index contributed by atoms with van der Waals surface area (Å²) in [5, 5.41) is 6.54. The van der Waals surface area contributed by atoms with E-state index in [-0.39, 0.29) is 5.41 Å². The third-order valence-electron chi connectivity index (χ3n) is 3.93. The summed E-state index contributed by atoms with van der Waals surface area (Å²) in [4.78, 5) is 12.3. The highest BCUT2D eigenvalue weighted by Crippen LogP contribution is 2.33. The fourth-order valence-electron chi connectivity index (χ4n) is 2.71. The number of nitrogens with one attached hydrogen (secondary N) is 2. The van der Waals surface area contributed by atoms with E-state index < -0.39 is 0 Å². The van der Waals surface area contributed by atoms with E-state index in [1.807, 2.05) is 0 Å². The molecule has 1 heterocycles. The molecule has 2 fully saturated rings. The lowest BCUT2D eigenvalue weighted by Gasteiger charge is -2.36. The van der Waals surface area contributed by atoms with E-state index in [1.165, 1.54) is 12.8 Å². The summed E-state index contributed by atoms with van der Waals surface area (Å²) in [5.41, 5.74) is -0.109. The van der Waals surface area contributed by atoms with Gasteiger partial charge in [-0.2, -0.15) is 0 Å². The number of rotatable bonds is 5. The molecule has 1 amide bonds. The van der Waals surface area contributed by atoms with Crippen LogP contribution in [0.3, 0.4) is 0 Å². The van der Waals surface area contributed by atoms with Crippen molar-refractivity contribution in [2.24, 2.45) is 11.3 Å². The monoisotopic (exact) mass is 224 g/mol. The average molecular weight is 224 g/mol. The van der Waals surface area contributed by atoms with Crippen molar-refractivity contribution < 1.29 is 4.79 Å². The molecule has 0 aromatic carbocycles. The molecule has 1 unspecified atom stereocenters. The van der Waals surface area contributed by atoms with Crippen LogP contribution in [0.25, 0.3) is 0 Å². The summed E-state index contributed by atoms with van der Waals surface area (Å²) in [5.74, 6) is 1.08. The summed E-state index contributed by atoms with van der Waals surface area (Å²) in [6, 6.07) is 0. The summed E-state index contributed by atoms with van der Waals surface area (Å²) < 4.78 is 0. The second kappa shape index (κ2) is 5.17. The molecule has 0 aromatic heterocycles. The quantitative estimate of drug-likeness (QED) is 0.746. The van der Waals surface area contributed by atoms with Gasteiger partial charge < -0.3 is 10.6 Å². The van der Waals surface area contributed by atoms with Crippen LogP contribution in [0.5, 0.6) is 0 Å². The van der Waals surface area contributed by atoms with Crippen molar-refractivity contribution in [3.05, 3.63) is 0 Å². The molecule has 1 saturated carbocycles. The van der Waals surface area contributed by atoms with Crippen LogP contribution in [-0.2, 0) is 4.79 Å². The third-order valence-corrected chi connectivity index (χ3v) is 3.93. The topological polar surface area (TPSA) is 41.1 Å². The molecule has 2 rings (SSSR count). The second-order valence-corrected chi connectivity index (χ2v) is 5.46. The van der Waals surface area contributed by atoms with Crippen LogP contribution >= 0.6 is 0 Å². The molecule has 2 N–H and O–H groups in total. The highest BCUT2D eigenvalue weighted by molar-refractivity contribution is 5.83. The van der Waals surface area contributed by atoms with Crippen LogP contribution in [0, 0.1) is 11.3 Å². The molecule has 1 aliphatic carbocycles. The minimum Gasteiger partial charge on any atom is -0.355 e. The number of carbonyl (C=O) groups is 1. The van der Waals surface area contributed by atoms with Crippen molar-refractivity contribution in [2.75, 3.05) is 19.6 Å². The van der Waals surface area contributed by atoms with Crippen molar-refractivity contribution in [3.8, 4) is 0 Å². The first-order valence-corrected chi connectivity index (χ1v) is 6.76. The number of amides is 1. The Kier molecular flexibility index (Phi) is 3.85. The molecule has 2 aliphatic rings. The zero-order valence-electron chi connectivity index (χ0n) is 10.3. The molecule has 0 spiro atoms. The van der Waals surface area contributed by atoms with Crippen LogP contribution in [0.4, 0.5) is 0 Å². The molecule has 0 aromatic rings. The van der Waals surface area contributed by atoms with Crippen molar-refractivity contribution >= 4 is 5.91 Å². The fourth-order valence-corrected chi connectivity index (χ4v) is 2.71. The molecule has 92 valence electrons. The van der Waals surface area contributed by atoms with Crippen molar-refractivity contribution in [2.45, 2.75) is 45.4 Å². The van der Waals surface area contributed by atoms with Gasteiger partial charge in [0.25, 0.3) is 0 Å². The molecule has 1 aliphatic heterocycles. The van der Waals surface area contributed by atoms with Gasteiger partial charge in [0.1, 0.15) is 0 Å². The van der Waals surface area contributed by atoms with E-state index in [9.17, 15) is 4.79 Å². The molecular formula is C13H24N2O. The van der Waals surface area contributed by atoms with Gasteiger partial charge >= 0.3 is 0 Å². The summed E-state index contributed by atoms with van der Waals surface area (Å²) in [6.45, 7) is 5.02. The molecular weight excluding hydrogens is 200 g/mol. The zero-order chi connectivity index (χ0) is 11.4. The Morgan fingerprint density at radius 1 is 1.50 bits per heavy atom. The molecule has 3 nitrogen and oxygen atoms in total. The lowest BCUT2D eigenvalue weighted by molar-refractivity contribution is -0.132. The summed E-state index contributed by atoms with van der Waals surface area (Å²) >= 11 is 0. The maximum absolute atomic E-state index is 12.3. The Hall–Kier alpha value is -0.570. The van der Waals surface area contributed by atoms with Crippen molar-refractivity contribution in [3.63, 3.8) is 0 Å². The summed E-state index contributed by atoms with van der Waals surface area (Å²) in [7, 11) is 0. The minimum atomic E-state index is -0.109. The molecule has 0 bridgehead atoms. The zero-order valence-corrected chi connectivity index (χ0v) is 10.3. The molecule has 1 saturated heterocycles. The van der Waals surface area contributed by atoms with E-state index in [0.717, 1.165) is 51.2 Å². The Morgan fingerprint density at radius 2 is 2.31 bits per heavy atom. The first kappa shape index (κ1) is 11.9. The fraction of sp³-hybridized carbons (Fsp3) is 0.923. The molecule has 1 atom stereocenters. The highest BCUT2D eigenvalue weighted by Gasteiger charge is 2.38. The number of hydrogen-bond acceptors (Lipinski definition) is 2. The van der Waals surface area contributed by atoms with Crippen LogP contribution in [0.1, 0.15) is 45.4 Å². The van der Waals surface area contributed by atoms with Gasteiger partial charge in [0, 0.05) is 13.1 Å². The molecule has 3 heteroatoms. The van der Waals surface area contributed by atoms with Gasteiger partial charge in [-0.15, -0.1) is 0 Å². The Morgan fingerprint density at radius 3 is 2.88 bits per heavy atom. The van der Waals surface area contributed by atoms with Gasteiger partial charge in [0.05, 0.1) is 5.41 Å². The standard InChI is InChI=1S/C13H24N2O/c1-2-6-13(7-3-8-14-10-13)12(16)15-9-11-4-5-11/h11,14H,2-10H2,1H3,(H,15,16). The Labute approximate surface area is 98.4 Å². The largest absolute Gasteiger partial charge is 0.355 e. The predicted octanol–water partition coefficient (Wildman–Crippen LogP) is 1.68. The van der Waals surface area contributed by atoms with E-state index in [2.05, 4.69) is 17.6 Å². The van der Waals surface area contributed by atoms with Gasteiger partial charge in [-0.1, -0.05) is 13.3 Å². The van der Waals surface area contributed by atoms with Crippen LogP contribution in [0.15, 0.2) is 0 Å². The number of carbonyl (C=O) groups excluding carboxylic acids is 1. The first-order valence-electron chi connectivity index (χ1n) is 6.76. The molecule has 16 heavy (non-hydrogen) atoms. The molecule has 0 radical (unpaired) electrons. The second-order valence-electron chi connectivity index (χ2n) is 5.46. The van der Waals surface area contributed by atoms with E-state index in [1.54, 1.807) is 0 Å². The number of piperidine rings is 1. The lowest BCUT2D eigenvalue weighted by atomic mass is 9.76. The van der Waals surface area contributed by atoms with Crippen LogP contribution in [-0.4, -0.2) is 25.5 Å². The third kappa shape index (κ3) is 2.76. The first-order chi connectivity index (χ1) is 7.77. The van der Waals surface area contributed by atoms with E-state index >= 15 is 0 Å². The van der Waals surface area contributed by atoms with Gasteiger partial charge in [-0.25, -0.2) is 0 Å². The maximum atomic E-state index is 12.3. The predicted molar refractivity (Wildman–Crippen MR) is 65.2 cm³/mol. The van der Waals surface area contributed by atoms with Crippen molar-refractivity contribution in [1.82, 2.24) is 10.6 Å². The van der Waals surface area contributed by atoms with E-state index in [4.69, 9.17) is 0 Å². The van der Waals surface area contributed by atoms with Gasteiger partial charge in [0.2, 0.25) is 5.91 Å². The summed E-state index contributed by atoms with van der Waals surface area (Å²) in [6.07, 6.45) is 6.93. The van der Waals surface area contributed by atoms with Gasteiger partial charge in [0.15, 0.2) is 0 Å². The Bertz CT molecular complexity index is 237. The Balaban J connectivity index is 1.89. The normalized spacial score (nSPS) is 30.1. The van der Waals surface area contributed by atoms with Crippen LogP contribution in [0.2, 0.25) is 0 Å². The lowest BCUT2D eigenvalue weighted by Crippen LogP contribution is -2.50. The van der Waals surface area contributed by atoms with E-state index in [0.29, 0.717) is 5.91 Å². The average Bonchev–Trinajstić information content (AvgIpc) is 3.11. The smallest absolute Gasteiger partial charge is 0.227 e. The minimum absolute atomic E-state index is 0.109. The SMILES string of the molecule is CCCC1(C(=O)NCC2CC2)CCCNC1.